The minimum Gasteiger partial charge on any atom is -0.309 e. The summed E-state index contributed by atoms with van der Waals surface area (Å²) in [5.74, 6) is 0.909. The van der Waals surface area contributed by atoms with Gasteiger partial charge in [-0.25, -0.2) is 0 Å². The zero-order chi connectivity index (χ0) is 15.0. The van der Waals surface area contributed by atoms with E-state index in [1.165, 1.54) is 11.1 Å². The zero-order valence-electron chi connectivity index (χ0n) is 12.7. The van der Waals surface area contributed by atoms with Gasteiger partial charge < -0.3 is 5.32 Å². The van der Waals surface area contributed by atoms with Crippen LogP contribution in [-0.2, 0) is 10.2 Å². The van der Waals surface area contributed by atoms with Gasteiger partial charge in [0, 0.05) is 12.5 Å². The number of benzene rings is 2. The molecule has 3 unspecified atom stereocenters. The maximum absolute atomic E-state index is 13.1. The van der Waals surface area contributed by atoms with Crippen molar-refractivity contribution in [2.24, 2.45) is 5.92 Å². The molecule has 2 aromatic carbocycles. The number of fused-ring (bicyclic) bond motifs is 4. The van der Waals surface area contributed by atoms with Gasteiger partial charge in [-0.1, -0.05) is 60.7 Å². The van der Waals surface area contributed by atoms with E-state index in [9.17, 15) is 4.79 Å². The molecular weight excluding hydrogens is 270 g/mol. The van der Waals surface area contributed by atoms with Gasteiger partial charge in [0.2, 0.25) is 0 Å². The van der Waals surface area contributed by atoms with Gasteiger partial charge >= 0.3 is 0 Å². The van der Waals surface area contributed by atoms with Gasteiger partial charge in [-0.15, -0.1) is 0 Å². The first-order chi connectivity index (χ1) is 10.8. The van der Waals surface area contributed by atoms with E-state index in [0.717, 1.165) is 19.4 Å². The second-order valence-electron chi connectivity index (χ2n) is 6.62. The van der Waals surface area contributed by atoms with Gasteiger partial charge in [0.1, 0.15) is 5.78 Å². The molecule has 2 heteroatoms. The molecule has 0 amide bonds. The zero-order valence-corrected chi connectivity index (χ0v) is 12.7. The van der Waals surface area contributed by atoms with Crippen molar-refractivity contribution < 1.29 is 4.79 Å². The Morgan fingerprint density at radius 2 is 1.64 bits per heavy atom. The Balaban J connectivity index is 1.90. The lowest BCUT2D eigenvalue weighted by Gasteiger charge is -2.41. The SMILES string of the molecule is O=C1CC2CCC1(c1ccccc1)C(c1ccccc1)NC2. The summed E-state index contributed by atoms with van der Waals surface area (Å²) in [5.41, 5.74) is 1.99. The van der Waals surface area contributed by atoms with Crippen LogP contribution in [0.15, 0.2) is 60.7 Å². The van der Waals surface area contributed by atoms with Gasteiger partial charge in [0.25, 0.3) is 0 Å². The molecule has 1 aliphatic carbocycles. The third-order valence-corrected chi connectivity index (χ3v) is 5.44. The average molecular weight is 291 g/mol. The molecular formula is C20H21NO. The Morgan fingerprint density at radius 1 is 0.955 bits per heavy atom. The predicted octanol–water partition coefficient (Wildman–Crippen LogP) is 3.64. The fourth-order valence-electron chi connectivity index (χ4n) is 4.31. The third kappa shape index (κ3) is 2.02. The van der Waals surface area contributed by atoms with Crippen molar-refractivity contribution in [1.82, 2.24) is 5.32 Å². The molecule has 2 saturated heterocycles. The van der Waals surface area contributed by atoms with Crippen molar-refractivity contribution in [1.29, 1.82) is 0 Å². The van der Waals surface area contributed by atoms with E-state index in [1.807, 2.05) is 12.1 Å². The van der Waals surface area contributed by atoms with Crippen molar-refractivity contribution in [2.45, 2.75) is 30.7 Å². The van der Waals surface area contributed by atoms with Crippen molar-refractivity contribution in [3.63, 3.8) is 0 Å². The van der Waals surface area contributed by atoms with Gasteiger partial charge in [-0.2, -0.15) is 0 Å². The second kappa shape index (κ2) is 5.36. The molecule has 2 heterocycles. The quantitative estimate of drug-likeness (QED) is 0.915. The summed E-state index contributed by atoms with van der Waals surface area (Å²) in [6.45, 7) is 0.944. The molecule has 22 heavy (non-hydrogen) atoms. The van der Waals surface area contributed by atoms with Crippen LogP contribution in [0.3, 0.4) is 0 Å². The maximum Gasteiger partial charge on any atom is 0.145 e. The minimum absolute atomic E-state index is 0.0797. The van der Waals surface area contributed by atoms with Crippen molar-refractivity contribution >= 4 is 5.78 Å². The number of Topliss-reactive ketones (excluding diaryl/α,β-unsaturated/α-hetero) is 1. The van der Waals surface area contributed by atoms with E-state index < -0.39 is 5.41 Å². The lowest BCUT2D eigenvalue weighted by Crippen LogP contribution is -2.46. The molecule has 1 saturated carbocycles. The molecule has 2 aliphatic heterocycles. The lowest BCUT2D eigenvalue weighted by atomic mass is 9.62. The first kappa shape index (κ1) is 13.7. The fraction of sp³-hybridized carbons (Fsp3) is 0.350. The molecule has 112 valence electrons. The second-order valence-corrected chi connectivity index (χ2v) is 6.62. The number of hydrogen-bond donors (Lipinski definition) is 1. The summed E-state index contributed by atoms with van der Waals surface area (Å²) in [6, 6.07) is 20.9. The Bertz CT molecular complexity index is 665. The molecule has 1 N–H and O–H groups in total. The highest BCUT2D eigenvalue weighted by atomic mass is 16.1. The highest BCUT2D eigenvalue weighted by Gasteiger charge is 2.52. The number of nitrogens with one attached hydrogen (secondary N) is 1. The number of carbonyl (C=O) groups excluding carboxylic acids is 1. The Hall–Kier alpha value is -1.93. The summed E-state index contributed by atoms with van der Waals surface area (Å²) >= 11 is 0. The molecule has 2 bridgehead atoms. The van der Waals surface area contributed by atoms with Crippen molar-refractivity contribution in [3.8, 4) is 0 Å². The van der Waals surface area contributed by atoms with E-state index >= 15 is 0 Å². The van der Waals surface area contributed by atoms with E-state index in [4.69, 9.17) is 0 Å². The standard InChI is InChI=1S/C20H21NO/c22-18-13-15-11-12-20(18,17-9-5-2-6-10-17)19(21-14-15)16-7-3-1-4-8-16/h1-10,15,19,21H,11-14H2. The minimum atomic E-state index is -0.407. The highest BCUT2D eigenvalue weighted by molar-refractivity contribution is 5.92. The third-order valence-electron chi connectivity index (χ3n) is 5.44. The van der Waals surface area contributed by atoms with E-state index in [1.54, 1.807) is 0 Å². The number of ketones is 1. The molecule has 0 aromatic heterocycles. The van der Waals surface area contributed by atoms with E-state index in [0.29, 0.717) is 18.1 Å². The first-order valence-corrected chi connectivity index (χ1v) is 8.18. The number of rotatable bonds is 2. The Kier molecular flexibility index (Phi) is 3.34. The van der Waals surface area contributed by atoms with Crippen molar-refractivity contribution in [3.05, 3.63) is 71.8 Å². The van der Waals surface area contributed by atoms with Crippen LogP contribution >= 0.6 is 0 Å². The maximum atomic E-state index is 13.1. The number of carbonyl (C=O) groups is 1. The smallest absolute Gasteiger partial charge is 0.145 e. The van der Waals surface area contributed by atoms with E-state index in [-0.39, 0.29) is 6.04 Å². The lowest BCUT2D eigenvalue weighted by molar-refractivity contribution is -0.128. The molecule has 0 spiro atoms. The molecule has 2 nitrogen and oxygen atoms in total. The molecule has 0 radical (unpaired) electrons. The van der Waals surface area contributed by atoms with Crippen LogP contribution in [0, 0.1) is 5.92 Å². The molecule has 3 atom stereocenters. The first-order valence-electron chi connectivity index (χ1n) is 8.18. The van der Waals surface area contributed by atoms with Crippen molar-refractivity contribution in [2.75, 3.05) is 6.54 Å². The fourth-order valence-corrected chi connectivity index (χ4v) is 4.31. The van der Waals surface area contributed by atoms with Gasteiger partial charge in [-0.3, -0.25) is 4.79 Å². The van der Waals surface area contributed by atoms with Crippen LogP contribution in [0.25, 0.3) is 0 Å². The van der Waals surface area contributed by atoms with Crippen LogP contribution in [0.1, 0.15) is 36.4 Å². The molecule has 3 aliphatic rings. The van der Waals surface area contributed by atoms with Gasteiger partial charge in [-0.05, 0) is 36.4 Å². The Morgan fingerprint density at radius 3 is 2.32 bits per heavy atom. The monoisotopic (exact) mass is 291 g/mol. The summed E-state index contributed by atoms with van der Waals surface area (Å²) < 4.78 is 0. The summed E-state index contributed by atoms with van der Waals surface area (Å²) in [6.07, 6.45) is 2.80. The van der Waals surface area contributed by atoms with Crippen LogP contribution in [0.4, 0.5) is 0 Å². The largest absolute Gasteiger partial charge is 0.309 e. The molecule has 2 aromatic rings. The van der Waals surface area contributed by atoms with Gasteiger partial charge in [0.15, 0.2) is 0 Å². The highest BCUT2D eigenvalue weighted by Crippen LogP contribution is 2.49. The average Bonchev–Trinajstić information content (AvgIpc) is 2.85. The van der Waals surface area contributed by atoms with Crippen LogP contribution in [0.5, 0.6) is 0 Å². The topological polar surface area (TPSA) is 29.1 Å². The molecule has 5 rings (SSSR count). The summed E-state index contributed by atoms with van der Waals surface area (Å²) in [5, 5.41) is 3.71. The molecule has 3 fully saturated rings. The Labute approximate surface area is 131 Å². The van der Waals surface area contributed by atoms with Crippen LogP contribution in [-0.4, -0.2) is 12.3 Å². The predicted molar refractivity (Wildman–Crippen MR) is 87.7 cm³/mol. The van der Waals surface area contributed by atoms with E-state index in [2.05, 4.69) is 53.8 Å². The van der Waals surface area contributed by atoms with Crippen LogP contribution in [0.2, 0.25) is 0 Å². The normalized spacial score (nSPS) is 31.0. The summed E-state index contributed by atoms with van der Waals surface area (Å²) in [7, 11) is 0. The van der Waals surface area contributed by atoms with Gasteiger partial charge in [0.05, 0.1) is 5.41 Å². The van der Waals surface area contributed by atoms with Crippen LogP contribution < -0.4 is 5.32 Å². The number of hydrogen-bond acceptors (Lipinski definition) is 2. The summed E-state index contributed by atoms with van der Waals surface area (Å²) in [4.78, 5) is 13.1.